The molecular weight excluding hydrogens is 134 g/mol. The van der Waals surface area contributed by atoms with E-state index in [2.05, 4.69) is 26.5 Å². The Morgan fingerprint density at radius 1 is 1.55 bits per heavy atom. The highest BCUT2D eigenvalue weighted by Crippen LogP contribution is 2.16. The summed E-state index contributed by atoms with van der Waals surface area (Å²) in [4.78, 5) is 0. The van der Waals surface area contributed by atoms with Crippen LogP contribution in [-0.4, -0.2) is 0 Å². The van der Waals surface area contributed by atoms with E-state index in [1.54, 1.807) is 0 Å². The van der Waals surface area contributed by atoms with Crippen molar-refractivity contribution in [1.82, 2.24) is 0 Å². The van der Waals surface area contributed by atoms with E-state index >= 15 is 0 Å². The van der Waals surface area contributed by atoms with Crippen LogP contribution in [0.2, 0.25) is 0 Å². The van der Waals surface area contributed by atoms with Crippen molar-refractivity contribution in [1.29, 1.82) is 5.26 Å². The molecule has 1 atom stereocenters. The first-order valence-corrected chi connectivity index (χ1v) is 4.23. The summed E-state index contributed by atoms with van der Waals surface area (Å²) in [6, 6.07) is 2.33. The molecule has 0 amide bonds. The molecule has 0 radical (unpaired) electrons. The highest BCUT2D eigenvalue weighted by molar-refractivity contribution is 4.85. The van der Waals surface area contributed by atoms with Gasteiger partial charge in [-0.05, 0) is 25.2 Å². The van der Waals surface area contributed by atoms with Gasteiger partial charge < -0.3 is 0 Å². The normalized spacial score (nSPS) is 12.5. The summed E-state index contributed by atoms with van der Waals surface area (Å²) in [5.74, 6) is 0.722. The van der Waals surface area contributed by atoms with Gasteiger partial charge in [-0.15, -0.1) is 6.58 Å². The minimum Gasteiger partial charge on any atom is -0.198 e. The van der Waals surface area contributed by atoms with E-state index < -0.39 is 0 Å². The zero-order valence-corrected chi connectivity index (χ0v) is 7.51. The zero-order chi connectivity index (χ0) is 8.69. The van der Waals surface area contributed by atoms with E-state index in [4.69, 9.17) is 5.26 Å². The molecular formula is C10H17N. The Kier molecular flexibility index (Phi) is 5.56. The van der Waals surface area contributed by atoms with Crippen LogP contribution in [0.5, 0.6) is 0 Å². The van der Waals surface area contributed by atoms with Crippen molar-refractivity contribution in [3.63, 3.8) is 0 Å². The van der Waals surface area contributed by atoms with Crippen LogP contribution in [0.4, 0.5) is 0 Å². The van der Waals surface area contributed by atoms with Crippen LogP contribution in [-0.2, 0) is 0 Å². The molecule has 0 saturated carbocycles. The Morgan fingerprint density at radius 2 is 2.18 bits per heavy atom. The standard InChI is InChI=1S/C10H17N/c1-4-5-6-7-10(8-11)9(2)3/h4,9-10H,1,5-7H2,2-3H3. The topological polar surface area (TPSA) is 23.8 Å². The monoisotopic (exact) mass is 151 g/mol. The van der Waals surface area contributed by atoms with Crippen molar-refractivity contribution >= 4 is 0 Å². The molecule has 0 fully saturated rings. The first kappa shape index (κ1) is 10.2. The molecule has 62 valence electrons. The zero-order valence-electron chi connectivity index (χ0n) is 7.51. The summed E-state index contributed by atoms with van der Waals surface area (Å²) in [6.45, 7) is 7.84. The molecule has 0 aliphatic heterocycles. The minimum absolute atomic E-state index is 0.231. The van der Waals surface area contributed by atoms with Crippen molar-refractivity contribution < 1.29 is 0 Å². The molecule has 1 unspecified atom stereocenters. The van der Waals surface area contributed by atoms with E-state index in [1.807, 2.05) is 6.08 Å². The average molecular weight is 151 g/mol. The molecule has 0 saturated heterocycles. The third kappa shape index (κ3) is 4.61. The third-order valence-electron chi connectivity index (χ3n) is 1.89. The predicted molar refractivity (Wildman–Crippen MR) is 48.0 cm³/mol. The number of hydrogen-bond acceptors (Lipinski definition) is 1. The molecule has 0 aromatic heterocycles. The van der Waals surface area contributed by atoms with Gasteiger partial charge in [-0.25, -0.2) is 0 Å². The van der Waals surface area contributed by atoms with Gasteiger partial charge in [0.2, 0.25) is 0 Å². The fourth-order valence-electron chi connectivity index (χ4n) is 1.03. The Labute approximate surface area is 69.7 Å². The summed E-state index contributed by atoms with van der Waals surface area (Å²) in [7, 11) is 0. The Bertz CT molecular complexity index is 141. The van der Waals surface area contributed by atoms with Crippen LogP contribution >= 0.6 is 0 Å². The van der Waals surface area contributed by atoms with Gasteiger partial charge >= 0.3 is 0 Å². The fraction of sp³-hybridized carbons (Fsp3) is 0.700. The molecule has 11 heavy (non-hydrogen) atoms. The van der Waals surface area contributed by atoms with E-state index in [1.165, 1.54) is 0 Å². The van der Waals surface area contributed by atoms with E-state index in [0.29, 0.717) is 5.92 Å². The molecule has 1 nitrogen and oxygen atoms in total. The molecule has 0 heterocycles. The lowest BCUT2D eigenvalue weighted by Gasteiger charge is -2.10. The summed E-state index contributed by atoms with van der Waals surface area (Å²) >= 11 is 0. The second-order valence-corrected chi connectivity index (χ2v) is 3.20. The van der Waals surface area contributed by atoms with Crippen molar-refractivity contribution in [2.75, 3.05) is 0 Å². The second kappa shape index (κ2) is 5.97. The van der Waals surface area contributed by atoms with Gasteiger partial charge in [-0.2, -0.15) is 5.26 Å². The van der Waals surface area contributed by atoms with Gasteiger partial charge in [0.25, 0.3) is 0 Å². The van der Waals surface area contributed by atoms with Gasteiger partial charge in [0.05, 0.1) is 6.07 Å². The van der Waals surface area contributed by atoms with Crippen molar-refractivity contribution in [2.45, 2.75) is 33.1 Å². The maximum Gasteiger partial charge on any atom is 0.0658 e. The SMILES string of the molecule is C=CCCCC(C#N)C(C)C. The van der Waals surface area contributed by atoms with Crippen LogP contribution in [0.25, 0.3) is 0 Å². The number of unbranched alkanes of at least 4 members (excludes halogenated alkanes) is 1. The summed E-state index contributed by atoms with van der Waals surface area (Å²) < 4.78 is 0. The molecule has 0 aliphatic rings. The predicted octanol–water partition coefficient (Wildman–Crippen LogP) is 3.14. The number of hydrogen-bond donors (Lipinski definition) is 0. The van der Waals surface area contributed by atoms with Crippen LogP contribution in [0.3, 0.4) is 0 Å². The number of allylic oxidation sites excluding steroid dienone is 1. The van der Waals surface area contributed by atoms with Gasteiger partial charge in [0.15, 0.2) is 0 Å². The first-order valence-electron chi connectivity index (χ1n) is 4.23. The van der Waals surface area contributed by atoms with Gasteiger partial charge in [-0.3, -0.25) is 0 Å². The van der Waals surface area contributed by atoms with Gasteiger partial charge in [0, 0.05) is 5.92 Å². The Hall–Kier alpha value is -0.770. The van der Waals surface area contributed by atoms with E-state index in [9.17, 15) is 0 Å². The number of rotatable bonds is 5. The van der Waals surface area contributed by atoms with Crippen molar-refractivity contribution in [2.24, 2.45) is 11.8 Å². The Morgan fingerprint density at radius 3 is 2.55 bits per heavy atom. The quantitative estimate of drug-likeness (QED) is 0.437. The maximum absolute atomic E-state index is 8.72. The fourth-order valence-corrected chi connectivity index (χ4v) is 1.03. The molecule has 0 spiro atoms. The smallest absolute Gasteiger partial charge is 0.0658 e. The summed E-state index contributed by atoms with van der Waals surface area (Å²) in [6.07, 6.45) is 5.06. The van der Waals surface area contributed by atoms with Crippen LogP contribution < -0.4 is 0 Å². The highest BCUT2D eigenvalue weighted by atomic mass is 14.3. The maximum atomic E-state index is 8.72. The van der Waals surface area contributed by atoms with Crippen LogP contribution in [0, 0.1) is 23.2 Å². The van der Waals surface area contributed by atoms with E-state index in [0.717, 1.165) is 19.3 Å². The Balaban J connectivity index is 3.54. The molecule has 1 heteroatoms. The second-order valence-electron chi connectivity index (χ2n) is 3.20. The van der Waals surface area contributed by atoms with Gasteiger partial charge in [0.1, 0.15) is 0 Å². The lowest BCUT2D eigenvalue weighted by Crippen LogP contribution is -2.05. The summed E-state index contributed by atoms with van der Waals surface area (Å²) in [5.41, 5.74) is 0. The molecule has 0 aromatic rings. The molecule has 0 bridgehead atoms. The highest BCUT2D eigenvalue weighted by Gasteiger charge is 2.10. The van der Waals surface area contributed by atoms with E-state index in [-0.39, 0.29) is 5.92 Å². The van der Waals surface area contributed by atoms with Gasteiger partial charge in [-0.1, -0.05) is 19.9 Å². The molecule has 0 aliphatic carbocycles. The number of nitriles is 1. The minimum atomic E-state index is 0.231. The molecule has 0 N–H and O–H groups in total. The third-order valence-corrected chi connectivity index (χ3v) is 1.89. The molecule has 0 rings (SSSR count). The lowest BCUT2D eigenvalue weighted by atomic mass is 9.92. The molecule has 0 aromatic carbocycles. The average Bonchev–Trinajstić information content (AvgIpc) is 1.97. The van der Waals surface area contributed by atoms with Crippen molar-refractivity contribution in [3.8, 4) is 6.07 Å². The largest absolute Gasteiger partial charge is 0.198 e. The summed E-state index contributed by atoms with van der Waals surface area (Å²) in [5, 5.41) is 8.72. The first-order chi connectivity index (χ1) is 5.22. The number of nitrogens with zero attached hydrogens (tertiary/aromatic N) is 1. The van der Waals surface area contributed by atoms with Crippen molar-refractivity contribution in [3.05, 3.63) is 12.7 Å². The van der Waals surface area contributed by atoms with Crippen LogP contribution in [0.1, 0.15) is 33.1 Å². The van der Waals surface area contributed by atoms with Crippen LogP contribution in [0.15, 0.2) is 12.7 Å². The lowest BCUT2D eigenvalue weighted by molar-refractivity contribution is 0.436.